The summed E-state index contributed by atoms with van der Waals surface area (Å²) in [4.78, 5) is 15.8. The zero-order chi connectivity index (χ0) is 17.4. The van der Waals surface area contributed by atoms with E-state index in [0.29, 0.717) is 6.42 Å². The standard InChI is InChI=1S/C20H20N2O3/c1-24-13-9-7-12(8-10-13)18-19-15(11-17(22-18)20(23)25-2)14-5-3-4-6-16(14)21-19/h3-10,17-18,21-22H,11H2,1-2H3/p+1. The van der Waals surface area contributed by atoms with Crippen LogP contribution in [0.2, 0.25) is 0 Å². The molecule has 1 aliphatic heterocycles. The normalized spacial score (nSPS) is 19.4. The molecule has 0 amide bonds. The minimum absolute atomic E-state index is 0.0196. The Morgan fingerprint density at radius 2 is 1.88 bits per heavy atom. The quantitative estimate of drug-likeness (QED) is 0.718. The van der Waals surface area contributed by atoms with Crippen LogP contribution < -0.4 is 10.1 Å². The number of hydrogen-bond acceptors (Lipinski definition) is 3. The second kappa shape index (κ2) is 6.26. The Kier molecular flexibility index (Phi) is 3.93. The number of hydrogen-bond donors (Lipinski definition) is 2. The van der Waals surface area contributed by atoms with Gasteiger partial charge < -0.3 is 19.8 Å². The lowest BCUT2D eigenvalue weighted by molar-refractivity contribution is -0.712. The van der Waals surface area contributed by atoms with Crippen LogP contribution in [0.4, 0.5) is 0 Å². The van der Waals surface area contributed by atoms with Crippen LogP contribution >= 0.6 is 0 Å². The third-order valence-electron chi connectivity index (χ3n) is 4.99. The SMILES string of the molecule is COC(=O)C1Cc2c([nH]c3ccccc23)C(c2ccc(OC)cc2)[NH2+]1. The van der Waals surface area contributed by atoms with Crippen molar-refractivity contribution in [2.24, 2.45) is 0 Å². The summed E-state index contributed by atoms with van der Waals surface area (Å²) in [6, 6.07) is 16.0. The second-order valence-corrected chi connectivity index (χ2v) is 6.34. The van der Waals surface area contributed by atoms with Crippen LogP contribution in [-0.2, 0) is 16.0 Å². The number of nitrogens with one attached hydrogen (secondary N) is 1. The van der Waals surface area contributed by atoms with Gasteiger partial charge in [-0.3, -0.25) is 0 Å². The smallest absolute Gasteiger partial charge is 0.364 e. The number of para-hydroxylation sites is 1. The number of rotatable bonds is 3. The molecule has 5 heteroatoms. The highest BCUT2D eigenvalue weighted by molar-refractivity contribution is 5.86. The van der Waals surface area contributed by atoms with Crippen LogP contribution in [0.1, 0.15) is 22.9 Å². The summed E-state index contributed by atoms with van der Waals surface area (Å²) in [6.45, 7) is 0. The van der Waals surface area contributed by atoms with Crippen molar-refractivity contribution in [1.82, 2.24) is 4.98 Å². The molecule has 0 saturated heterocycles. The van der Waals surface area contributed by atoms with Crippen molar-refractivity contribution < 1.29 is 19.6 Å². The van der Waals surface area contributed by atoms with Crippen LogP contribution in [-0.4, -0.2) is 31.2 Å². The van der Waals surface area contributed by atoms with Gasteiger partial charge in [0.2, 0.25) is 0 Å². The minimum atomic E-state index is -0.246. The van der Waals surface area contributed by atoms with Crippen molar-refractivity contribution in [3.05, 3.63) is 65.4 Å². The van der Waals surface area contributed by atoms with E-state index in [1.165, 1.54) is 18.1 Å². The number of aromatic nitrogens is 1. The average molecular weight is 337 g/mol. The van der Waals surface area contributed by atoms with Crippen molar-refractivity contribution in [3.63, 3.8) is 0 Å². The molecule has 2 aromatic carbocycles. The molecule has 1 aromatic heterocycles. The van der Waals surface area contributed by atoms with Crippen LogP contribution in [0, 0.1) is 0 Å². The third-order valence-corrected chi connectivity index (χ3v) is 4.99. The van der Waals surface area contributed by atoms with E-state index in [0.717, 1.165) is 22.5 Å². The molecule has 1 aliphatic rings. The zero-order valence-corrected chi connectivity index (χ0v) is 14.3. The number of benzene rings is 2. The topological polar surface area (TPSA) is 67.9 Å². The highest BCUT2D eigenvalue weighted by atomic mass is 16.5. The summed E-state index contributed by atoms with van der Waals surface area (Å²) >= 11 is 0. The zero-order valence-electron chi connectivity index (χ0n) is 14.3. The van der Waals surface area contributed by atoms with E-state index in [4.69, 9.17) is 9.47 Å². The van der Waals surface area contributed by atoms with Crippen molar-refractivity contribution in [1.29, 1.82) is 0 Å². The number of ether oxygens (including phenoxy) is 2. The summed E-state index contributed by atoms with van der Waals surface area (Å²) in [5.74, 6) is 0.635. The number of esters is 1. The van der Waals surface area contributed by atoms with E-state index in [1.54, 1.807) is 7.11 Å². The van der Waals surface area contributed by atoms with Gasteiger partial charge in [-0.2, -0.15) is 0 Å². The first-order valence-electron chi connectivity index (χ1n) is 8.37. The van der Waals surface area contributed by atoms with Gasteiger partial charge in [0.25, 0.3) is 0 Å². The number of carbonyl (C=O) groups excluding carboxylic acids is 1. The molecule has 25 heavy (non-hydrogen) atoms. The molecule has 2 atom stereocenters. The predicted octanol–water partition coefficient (Wildman–Crippen LogP) is 1.93. The molecule has 0 bridgehead atoms. The molecule has 128 valence electrons. The molecule has 2 unspecified atom stereocenters. The van der Waals surface area contributed by atoms with Gasteiger partial charge in [0, 0.05) is 22.9 Å². The van der Waals surface area contributed by atoms with Gasteiger partial charge in [-0.05, 0) is 35.9 Å². The van der Waals surface area contributed by atoms with Crippen LogP contribution in [0.5, 0.6) is 5.75 Å². The maximum atomic E-state index is 12.2. The Balaban J connectivity index is 1.83. The van der Waals surface area contributed by atoms with Gasteiger partial charge in [-0.1, -0.05) is 18.2 Å². The lowest BCUT2D eigenvalue weighted by Crippen LogP contribution is -2.94. The maximum absolute atomic E-state index is 12.2. The van der Waals surface area contributed by atoms with Crippen molar-refractivity contribution in [3.8, 4) is 5.75 Å². The van der Waals surface area contributed by atoms with Gasteiger partial charge in [0.15, 0.2) is 12.1 Å². The molecule has 2 heterocycles. The van der Waals surface area contributed by atoms with Gasteiger partial charge in [0.1, 0.15) is 5.75 Å². The molecule has 0 fully saturated rings. The fraction of sp³-hybridized carbons (Fsp3) is 0.250. The molecule has 3 aromatic rings. The molecule has 5 nitrogen and oxygen atoms in total. The van der Waals surface area contributed by atoms with Gasteiger partial charge in [0.05, 0.1) is 19.9 Å². The first kappa shape index (κ1) is 15.7. The Labute approximate surface area is 146 Å². The second-order valence-electron chi connectivity index (χ2n) is 6.34. The Morgan fingerprint density at radius 3 is 2.60 bits per heavy atom. The van der Waals surface area contributed by atoms with E-state index in [9.17, 15) is 4.79 Å². The Morgan fingerprint density at radius 1 is 1.12 bits per heavy atom. The molecule has 0 saturated carbocycles. The Hall–Kier alpha value is -2.79. The summed E-state index contributed by atoms with van der Waals surface area (Å²) in [6.07, 6.45) is 0.665. The summed E-state index contributed by atoms with van der Waals surface area (Å²) in [5, 5.41) is 3.27. The number of fused-ring (bicyclic) bond motifs is 3. The lowest BCUT2D eigenvalue weighted by Gasteiger charge is -2.27. The molecular weight excluding hydrogens is 316 g/mol. The van der Waals surface area contributed by atoms with E-state index >= 15 is 0 Å². The fourth-order valence-corrected chi connectivity index (χ4v) is 3.73. The molecule has 0 radical (unpaired) electrons. The molecule has 3 N–H and O–H groups in total. The number of H-pyrrole nitrogens is 1. The lowest BCUT2D eigenvalue weighted by atomic mass is 9.90. The fourth-order valence-electron chi connectivity index (χ4n) is 3.73. The number of carbonyl (C=O) groups is 1. The Bertz CT molecular complexity index is 914. The summed E-state index contributed by atoms with van der Waals surface area (Å²) in [5.41, 5.74) is 4.59. The number of methoxy groups -OCH3 is 2. The van der Waals surface area contributed by atoms with Crippen LogP contribution in [0.15, 0.2) is 48.5 Å². The van der Waals surface area contributed by atoms with Crippen LogP contribution in [0.25, 0.3) is 10.9 Å². The van der Waals surface area contributed by atoms with Crippen molar-refractivity contribution >= 4 is 16.9 Å². The van der Waals surface area contributed by atoms with E-state index in [2.05, 4.69) is 34.6 Å². The molecule has 0 aliphatic carbocycles. The number of aromatic amines is 1. The van der Waals surface area contributed by atoms with E-state index < -0.39 is 0 Å². The average Bonchev–Trinajstić information content (AvgIpc) is 3.05. The molecular formula is C20H21N2O3+. The summed E-state index contributed by atoms with van der Waals surface area (Å²) in [7, 11) is 3.11. The third kappa shape index (κ3) is 2.66. The minimum Gasteiger partial charge on any atom is -0.497 e. The van der Waals surface area contributed by atoms with E-state index in [-0.39, 0.29) is 18.1 Å². The number of quaternary nitrogens is 1. The maximum Gasteiger partial charge on any atom is 0.364 e. The summed E-state index contributed by atoms with van der Waals surface area (Å²) < 4.78 is 10.3. The first-order valence-corrected chi connectivity index (χ1v) is 8.37. The van der Waals surface area contributed by atoms with Crippen molar-refractivity contribution in [2.75, 3.05) is 14.2 Å². The predicted molar refractivity (Wildman–Crippen MR) is 94.6 cm³/mol. The number of nitrogens with two attached hydrogens (primary N) is 1. The largest absolute Gasteiger partial charge is 0.497 e. The molecule has 4 rings (SSSR count). The monoisotopic (exact) mass is 337 g/mol. The highest BCUT2D eigenvalue weighted by Crippen LogP contribution is 2.32. The van der Waals surface area contributed by atoms with Crippen LogP contribution in [0.3, 0.4) is 0 Å². The van der Waals surface area contributed by atoms with Crippen molar-refractivity contribution in [2.45, 2.75) is 18.5 Å². The first-order chi connectivity index (χ1) is 12.2. The van der Waals surface area contributed by atoms with Gasteiger partial charge >= 0.3 is 5.97 Å². The van der Waals surface area contributed by atoms with Gasteiger partial charge in [-0.15, -0.1) is 0 Å². The van der Waals surface area contributed by atoms with Gasteiger partial charge in [-0.25, -0.2) is 4.79 Å². The highest BCUT2D eigenvalue weighted by Gasteiger charge is 2.38. The molecule has 0 spiro atoms. The van der Waals surface area contributed by atoms with E-state index in [1.807, 2.05) is 24.3 Å².